The summed E-state index contributed by atoms with van der Waals surface area (Å²) in [4.78, 5) is 14.0. The van der Waals surface area contributed by atoms with Gasteiger partial charge >= 0.3 is 5.97 Å². The number of fused-ring (bicyclic) bond motifs is 1. The second-order valence-corrected chi connectivity index (χ2v) is 5.35. The van der Waals surface area contributed by atoms with Gasteiger partial charge in [-0.3, -0.25) is 4.90 Å². The highest BCUT2D eigenvalue weighted by atomic mass is 19.1. The first kappa shape index (κ1) is 12.4. The van der Waals surface area contributed by atoms with Gasteiger partial charge in [0, 0.05) is 18.3 Å². The number of anilines is 1. The SMILES string of the molecule is O=C(O)C1(Nc2ccc(F)cc2)CCN2CCCC21. The molecule has 4 nitrogen and oxygen atoms in total. The number of benzene rings is 1. The molecule has 102 valence electrons. The summed E-state index contributed by atoms with van der Waals surface area (Å²) in [6, 6.07) is 5.92. The van der Waals surface area contributed by atoms with E-state index in [1.165, 1.54) is 12.1 Å². The number of nitrogens with one attached hydrogen (secondary N) is 1. The number of halogens is 1. The molecule has 0 amide bonds. The van der Waals surface area contributed by atoms with Crippen LogP contribution < -0.4 is 5.32 Å². The van der Waals surface area contributed by atoms with Crippen molar-refractivity contribution in [2.24, 2.45) is 0 Å². The topological polar surface area (TPSA) is 52.6 Å². The van der Waals surface area contributed by atoms with E-state index in [0.29, 0.717) is 12.1 Å². The minimum atomic E-state index is -0.936. The highest BCUT2D eigenvalue weighted by Crippen LogP contribution is 2.38. The Bertz CT molecular complexity index is 491. The van der Waals surface area contributed by atoms with Crippen molar-refractivity contribution in [1.29, 1.82) is 0 Å². The van der Waals surface area contributed by atoms with Crippen LogP contribution in [0.2, 0.25) is 0 Å². The lowest BCUT2D eigenvalue weighted by atomic mass is 9.88. The summed E-state index contributed by atoms with van der Waals surface area (Å²) in [5, 5.41) is 12.8. The lowest BCUT2D eigenvalue weighted by Crippen LogP contribution is -2.54. The Morgan fingerprint density at radius 1 is 1.37 bits per heavy atom. The van der Waals surface area contributed by atoms with Crippen molar-refractivity contribution in [1.82, 2.24) is 4.90 Å². The van der Waals surface area contributed by atoms with Crippen LogP contribution >= 0.6 is 0 Å². The fourth-order valence-electron chi connectivity index (χ4n) is 3.38. The molecule has 2 heterocycles. The monoisotopic (exact) mass is 264 g/mol. The first-order chi connectivity index (χ1) is 9.12. The van der Waals surface area contributed by atoms with Gasteiger partial charge in [-0.2, -0.15) is 0 Å². The molecule has 19 heavy (non-hydrogen) atoms. The molecule has 1 aromatic carbocycles. The van der Waals surface area contributed by atoms with Crippen LogP contribution in [0.1, 0.15) is 19.3 Å². The maximum Gasteiger partial charge on any atom is 0.331 e. The predicted molar refractivity (Wildman–Crippen MR) is 69.6 cm³/mol. The molecule has 2 unspecified atom stereocenters. The minimum absolute atomic E-state index is 0.0371. The molecule has 1 aromatic rings. The highest BCUT2D eigenvalue weighted by Gasteiger charge is 2.54. The Labute approximate surface area is 111 Å². The van der Waals surface area contributed by atoms with Gasteiger partial charge in [-0.25, -0.2) is 9.18 Å². The number of aliphatic carboxylic acids is 1. The van der Waals surface area contributed by atoms with E-state index in [9.17, 15) is 14.3 Å². The predicted octanol–water partition coefficient (Wildman–Crippen LogP) is 1.93. The van der Waals surface area contributed by atoms with Crippen LogP contribution in [-0.4, -0.2) is 40.6 Å². The molecule has 2 N–H and O–H groups in total. The van der Waals surface area contributed by atoms with Crippen molar-refractivity contribution >= 4 is 11.7 Å². The molecule has 2 aliphatic rings. The van der Waals surface area contributed by atoms with Crippen molar-refractivity contribution in [2.45, 2.75) is 30.8 Å². The van der Waals surface area contributed by atoms with E-state index in [-0.39, 0.29) is 11.9 Å². The first-order valence-electron chi connectivity index (χ1n) is 6.63. The number of hydrogen-bond donors (Lipinski definition) is 2. The van der Waals surface area contributed by atoms with E-state index < -0.39 is 11.5 Å². The van der Waals surface area contributed by atoms with Gasteiger partial charge in [0.25, 0.3) is 0 Å². The van der Waals surface area contributed by atoms with Crippen LogP contribution in [0.3, 0.4) is 0 Å². The van der Waals surface area contributed by atoms with Crippen LogP contribution in [0.25, 0.3) is 0 Å². The van der Waals surface area contributed by atoms with Gasteiger partial charge in [0.15, 0.2) is 5.54 Å². The molecule has 3 rings (SSSR count). The van der Waals surface area contributed by atoms with E-state index in [1.807, 2.05) is 0 Å². The van der Waals surface area contributed by atoms with E-state index >= 15 is 0 Å². The van der Waals surface area contributed by atoms with Crippen LogP contribution in [0.5, 0.6) is 0 Å². The molecule has 5 heteroatoms. The second-order valence-electron chi connectivity index (χ2n) is 5.35. The minimum Gasteiger partial charge on any atom is -0.479 e. The van der Waals surface area contributed by atoms with Crippen LogP contribution in [0.4, 0.5) is 10.1 Å². The zero-order valence-corrected chi connectivity index (χ0v) is 10.6. The number of carbonyl (C=O) groups is 1. The van der Waals surface area contributed by atoms with Gasteiger partial charge < -0.3 is 10.4 Å². The Kier molecular flexibility index (Phi) is 2.93. The molecule has 0 radical (unpaired) electrons. The van der Waals surface area contributed by atoms with Gasteiger partial charge in [-0.15, -0.1) is 0 Å². The lowest BCUT2D eigenvalue weighted by molar-refractivity contribution is -0.143. The largest absolute Gasteiger partial charge is 0.479 e. The molecule has 2 aliphatic heterocycles. The van der Waals surface area contributed by atoms with Gasteiger partial charge in [-0.1, -0.05) is 0 Å². The number of hydrogen-bond acceptors (Lipinski definition) is 3. The summed E-state index contributed by atoms with van der Waals surface area (Å²) in [6.45, 7) is 1.79. The molecule has 0 bridgehead atoms. The molecule has 2 fully saturated rings. The standard InChI is InChI=1S/C14H17FN2O2/c15-10-3-5-11(6-4-10)16-14(13(18)19)7-9-17-8-1-2-12(14)17/h3-6,12,16H,1-2,7-9H2,(H,18,19). The third kappa shape index (κ3) is 1.98. The normalized spacial score (nSPS) is 30.3. The third-order valence-corrected chi connectivity index (χ3v) is 4.32. The maximum atomic E-state index is 12.9. The lowest BCUT2D eigenvalue weighted by Gasteiger charge is -2.33. The summed E-state index contributed by atoms with van der Waals surface area (Å²) in [7, 11) is 0. The molecule has 0 aromatic heterocycles. The molecule has 0 spiro atoms. The zero-order valence-electron chi connectivity index (χ0n) is 10.6. The van der Waals surface area contributed by atoms with E-state index in [1.54, 1.807) is 12.1 Å². The van der Waals surface area contributed by atoms with Crippen molar-refractivity contribution in [3.63, 3.8) is 0 Å². The molecule has 0 saturated carbocycles. The van der Waals surface area contributed by atoms with Gasteiger partial charge in [-0.05, 0) is 50.1 Å². The smallest absolute Gasteiger partial charge is 0.331 e. The third-order valence-electron chi connectivity index (χ3n) is 4.32. The van der Waals surface area contributed by atoms with Crippen molar-refractivity contribution in [2.75, 3.05) is 18.4 Å². The van der Waals surface area contributed by atoms with Crippen LogP contribution in [0, 0.1) is 5.82 Å². The molecule has 2 atom stereocenters. The summed E-state index contributed by atoms with van der Waals surface area (Å²) in [5.74, 6) is -1.13. The zero-order chi connectivity index (χ0) is 13.5. The van der Waals surface area contributed by atoms with E-state index in [4.69, 9.17) is 0 Å². The molecular weight excluding hydrogens is 247 g/mol. The average molecular weight is 264 g/mol. The fourth-order valence-corrected chi connectivity index (χ4v) is 3.38. The van der Waals surface area contributed by atoms with E-state index in [2.05, 4.69) is 10.2 Å². The number of carboxylic acids is 1. The Hall–Kier alpha value is -1.62. The van der Waals surface area contributed by atoms with Crippen molar-refractivity contribution in [3.05, 3.63) is 30.1 Å². The maximum absolute atomic E-state index is 12.9. The number of rotatable bonds is 3. The van der Waals surface area contributed by atoms with Gasteiger partial charge in [0.2, 0.25) is 0 Å². The number of carboxylic acid groups (broad SMARTS) is 1. The Morgan fingerprint density at radius 2 is 2.11 bits per heavy atom. The number of nitrogens with zero attached hydrogens (tertiary/aromatic N) is 1. The molecule has 0 aliphatic carbocycles. The summed E-state index contributed by atoms with van der Waals surface area (Å²) >= 11 is 0. The quantitative estimate of drug-likeness (QED) is 0.876. The Balaban J connectivity index is 1.89. The fraction of sp³-hybridized carbons (Fsp3) is 0.500. The van der Waals surface area contributed by atoms with Gasteiger partial charge in [0.05, 0.1) is 0 Å². The van der Waals surface area contributed by atoms with Crippen molar-refractivity contribution < 1.29 is 14.3 Å². The average Bonchev–Trinajstić information content (AvgIpc) is 2.96. The molecular formula is C14H17FN2O2. The Morgan fingerprint density at radius 3 is 2.79 bits per heavy atom. The van der Waals surface area contributed by atoms with Crippen molar-refractivity contribution in [3.8, 4) is 0 Å². The highest BCUT2D eigenvalue weighted by molar-refractivity contribution is 5.84. The first-order valence-corrected chi connectivity index (χ1v) is 6.63. The summed E-state index contributed by atoms with van der Waals surface area (Å²) in [6.07, 6.45) is 2.54. The second kappa shape index (κ2) is 4.49. The van der Waals surface area contributed by atoms with Crippen LogP contribution in [0.15, 0.2) is 24.3 Å². The van der Waals surface area contributed by atoms with E-state index in [0.717, 1.165) is 25.9 Å². The van der Waals surface area contributed by atoms with Gasteiger partial charge in [0.1, 0.15) is 5.82 Å². The summed E-state index contributed by atoms with van der Waals surface area (Å²) in [5.41, 5.74) is -0.272. The summed E-state index contributed by atoms with van der Waals surface area (Å²) < 4.78 is 12.9. The van der Waals surface area contributed by atoms with Crippen LogP contribution in [-0.2, 0) is 4.79 Å². The molecule has 2 saturated heterocycles.